The number of nitrogens with zero attached hydrogens (tertiary/aromatic N) is 2. The fourth-order valence-corrected chi connectivity index (χ4v) is 6.54. The van der Waals surface area contributed by atoms with Gasteiger partial charge in [-0.2, -0.15) is 0 Å². The van der Waals surface area contributed by atoms with Gasteiger partial charge < -0.3 is 19.9 Å². The summed E-state index contributed by atoms with van der Waals surface area (Å²) in [7, 11) is -3.95. The molecule has 2 aliphatic rings. The number of aliphatic imine (C=N–C) groups is 1. The summed E-state index contributed by atoms with van der Waals surface area (Å²) >= 11 is 0. The average molecular weight is 535 g/mol. The second-order valence-electron chi connectivity index (χ2n) is 9.73. The number of benzene rings is 2. The molecule has 0 aromatic heterocycles. The first-order valence-corrected chi connectivity index (χ1v) is 14.0. The molecule has 9 nitrogen and oxygen atoms in total. The number of halogens is 1. The minimum absolute atomic E-state index is 0.107. The first-order chi connectivity index (χ1) is 17.7. The van der Waals surface area contributed by atoms with Crippen LogP contribution in [-0.4, -0.2) is 76.0 Å². The van der Waals surface area contributed by atoms with E-state index in [-0.39, 0.29) is 24.6 Å². The molecule has 2 aromatic rings. The third-order valence-corrected chi connectivity index (χ3v) is 8.46. The molecule has 11 heteroatoms. The van der Waals surface area contributed by atoms with Gasteiger partial charge in [0.2, 0.25) is 10.0 Å². The number of ether oxygens (including phenoxy) is 2. The highest BCUT2D eigenvalue weighted by molar-refractivity contribution is 7.90. The van der Waals surface area contributed by atoms with Crippen molar-refractivity contribution in [1.82, 2.24) is 14.9 Å². The summed E-state index contributed by atoms with van der Waals surface area (Å²) in [6.07, 6.45) is 0.107. The van der Waals surface area contributed by atoms with Crippen LogP contribution in [0.5, 0.6) is 5.75 Å². The molecule has 0 amide bonds. The van der Waals surface area contributed by atoms with Crippen molar-refractivity contribution >= 4 is 16.0 Å². The number of nitrogens with one attached hydrogen (secondary N) is 2. The van der Waals surface area contributed by atoms with Gasteiger partial charge in [0, 0.05) is 44.9 Å². The predicted molar refractivity (Wildman–Crippen MR) is 139 cm³/mol. The van der Waals surface area contributed by atoms with Crippen LogP contribution in [0.3, 0.4) is 0 Å². The summed E-state index contributed by atoms with van der Waals surface area (Å²) in [5.74, 6) is 0.175. The van der Waals surface area contributed by atoms with Gasteiger partial charge in [0.1, 0.15) is 29.0 Å². The van der Waals surface area contributed by atoms with Gasteiger partial charge in [-0.25, -0.2) is 22.5 Å². The SMILES string of the molecule is CC1(C)OC(=NC(CCO)c2ccccc2F)NS(=O)(=O)C1c1ccc(OCCN2CCNCC2)cc1. The van der Waals surface area contributed by atoms with Gasteiger partial charge in [0.05, 0.1) is 6.04 Å². The van der Waals surface area contributed by atoms with Gasteiger partial charge in [-0.05, 0) is 44.0 Å². The van der Waals surface area contributed by atoms with E-state index < -0.39 is 32.7 Å². The van der Waals surface area contributed by atoms with Gasteiger partial charge in [0.15, 0.2) is 0 Å². The summed E-state index contributed by atoms with van der Waals surface area (Å²) in [6, 6.07) is 12.0. The lowest BCUT2D eigenvalue weighted by Gasteiger charge is -2.39. The second kappa shape index (κ2) is 11.8. The summed E-state index contributed by atoms with van der Waals surface area (Å²) < 4.78 is 55.3. The van der Waals surface area contributed by atoms with Crippen molar-refractivity contribution in [1.29, 1.82) is 0 Å². The highest BCUT2D eigenvalue weighted by Crippen LogP contribution is 2.39. The van der Waals surface area contributed by atoms with Crippen molar-refractivity contribution in [2.75, 3.05) is 45.9 Å². The summed E-state index contributed by atoms with van der Waals surface area (Å²) in [4.78, 5) is 6.67. The number of piperazine rings is 1. The molecule has 202 valence electrons. The number of aliphatic hydroxyl groups excluding tert-OH is 1. The molecule has 0 bridgehead atoms. The van der Waals surface area contributed by atoms with Crippen LogP contribution in [0.4, 0.5) is 4.39 Å². The molecule has 2 aliphatic heterocycles. The minimum Gasteiger partial charge on any atom is -0.492 e. The third kappa shape index (κ3) is 6.78. The zero-order valence-corrected chi connectivity index (χ0v) is 22.0. The molecule has 2 fully saturated rings. The molecular weight excluding hydrogens is 499 g/mol. The number of sulfonamides is 1. The molecular formula is C26H35FN4O5S. The molecule has 2 saturated heterocycles. The number of hydrogen-bond acceptors (Lipinski definition) is 8. The maximum Gasteiger partial charge on any atom is 0.299 e. The van der Waals surface area contributed by atoms with Crippen molar-refractivity contribution in [3.63, 3.8) is 0 Å². The van der Waals surface area contributed by atoms with E-state index in [2.05, 4.69) is 19.9 Å². The normalized spacial score (nSPS) is 23.1. The maximum absolute atomic E-state index is 14.4. The lowest BCUT2D eigenvalue weighted by Crippen LogP contribution is -2.53. The highest BCUT2D eigenvalue weighted by atomic mass is 32.2. The van der Waals surface area contributed by atoms with Crippen LogP contribution < -0.4 is 14.8 Å². The fourth-order valence-electron chi connectivity index (χ4n) is 4.78. The van der Waals surface area contributed by atoms with Crippen molar-refractivity contribution in [2.45, 2.75) is 37.2 Å². The van der Waals surface area contributed by atoms with E-state index in [4.69, 9.17) is 9.47 Å². The summed E-state index contributed by atoms with van der Waals surface area (Å²) in [5, 5.41) is 11.8. The fraction of sp³-hybridized carbons (Fsp3) is 0.500. The summed E-state index contributed by atoms with van der Waals surface area (Å²) in [5.41, 5.74) is -0.376. The molecule has 0 radical (unpaired) electrons. The van der Waals surface area contributed by atoms with Crippen molar-refractivity contribution in [3.8, 4) is 5.75 Å². The van der Waals surface area contributed by atoms with Gasteiger partial charge in [-0.15, -0.1) is 0 Å². The molecule has 3 N–H and O–H groups in total. The second-order valence-corrected chi connectivity index (χ2v) is 11.5. The Morgan fingerprint density at radius 3 is 2.54 bits per heavy atom. The van der Waals surface area contributed by atoms with Crippen LogP contribution in [0.25, 0.3) is 0 Å². The number of rotatable bonds is 9. The Labute approximate surface area is 217 Å². The van der Waals surface area contributed by atoms with Gasteiger partial charge in [-0.3, -0.25) is 4.90 Å². The van der Waals surface area contributed by atoms with Gasteiger partial charge in [-0.1, -0.05) is 30.3 Å². The Balaban J connectivity index is 1.47. The van der Waals surface area contributed by atoms with Crippen LogP contribution in [0.2, 0.25) is 0 Å². The smallest absolute Gasteiger partial charge is 0.299 e. The van der Waals surface area contributed by atoms with E-state index in [0.717, 1.165) is 32.7 Å². The Bertz CT molecular complexity index is 1180. The van der Waals surface area contributed by atoms with Gasteiger partial charge in [0.25, 0.3) is 6.02 Å². The van der Waals surface area contributed by atoms with Crippen molar-refractivity contribution in [2.24, 2.45) is 4.99 Å². The number of amidine groups is 1. The zero-order valence-electron chi connectivity index (χ0n) is 21.2. The van der Waals surface area contributed by atoms with Crippen LogP contribution >= 0.6 is 0 Å². The lowest BCUT2D eigenvalue weighted by atomic mass is 9.97. The predicted octanol–water partition coefficient (Wildman–Crippen LogP) is 2.36. The Hall–Kier alpha value is -2.73. The van der Waals surface area contributed by atoms with E-state index in [9.17, 15) is 17.9 Å². The van der Waals surface area contributed by atoms with Crippen LogP contribution in [0.1, 0.15) is 42.7 Å². The number of aliphatic hydroxyl groups is 1. The van der Waals surface area contributed by atoms with Crippen molar-refractivity contribution in [3.05, 3.63) is 65.5 Å². The molecule has 2 unspecified atom stereocenters. The van der Waals surface area contributed by atoms with E-state index in [1.54, 1.807) is 56.3 Å². The van der Waals surface area contributed by atoms with Crippen LogP contribution in [-0.2, 0) is 14.8 Å². The molecule has 0 aliphatic carbocycles. The molecule has 0 spiro atoms. The third-order valence-electron chi connectivity index (χ3n) is 6.54. The Morgan fingerprint density at radius 2 is 1.89 bits per heavy atom. The minimum atomic E-state index is -3.95. The molecule has 0 saturated carbocycles. The highest BCUT2D eigenvalue weighted by Gasteiger charge is 2.48. The zero-order chi connectivity index (χ0) is 26.5. The quantitative estimate of drug-likeness (QED) is 0.453. The largest absolute Gasteiger partial charge is 0.492 e. The summed E-state index contributed by atoms with van der Waals surface area (Å²) in [6.45, 7) is 8.43. The standard InChI is InChI=1S/C26H35FN4O5S/c1-26(2)24(19-7-9-20(10-8-19)35-18-16-31-14-12-28-13-15-31)37(33,34)30-25(36-26)29-23(11-17-32)21-5-3-4-6-22(21)27/h3-10,23-24,28,32H,11-18H2,1-2H3,(H,29,30). The topological polar surface area (TPSA) is 112 Å². The van der Waals surface area contributed by atoms with E-state index in [0.29, 0.717) is 17.9 Å². The van der Waals surface area contributed by atoms with Crippen LogP contribution in [0, 0.1) is 5.82 Å². The number of hydrogen-bond donors (Lipinski definition) is 3. The Kier molecular flexibility index (Phi) is 8.68. The molecule has 2 aromatic carbocycles. The first kappa shape index (κ1) is 27.3. The lowest BCUT2D eigenvalue weighted by molar-refractivity contribution is 0.0758. The maximum atomic E-state index is 14.4. The molecule has 2 heterocycles. The average Bonchev–Trinajstić information content (AvgIpc) is 2.84. The first-order valence-electron chi connectivity index (χ1n) is 12.5. The molecule has 4 rings (SSSR count). The monoisotopic (exact) mass is 534 g/mol. The van der Waals surface area contributed by atoms with Crippen molar-refractivity contribution < 1.29 is 27.4 Å². The molecule has 37 heavy (non-hydrogen) atoms. The van der Waals surface area contributed by atoms with Gasteiger partial charge >= 0.3 is 0 Å². The molecule has 2 atom stereocenters. The van der Waals surface area contributed by atoms with Crippen LogP contribution in [0.15, 0.2) is 53.5 Å². The van der Waals surface area contributed by atoms with E-state index in [1.807, 2.05) is 0 Å². The van der Waals surface area contributed by atoms with E-state index >= 15 is 0 Å². The van der Waals surface area contributed by atoms with E-state index in [1.165, 1.54) is 6.07 Å². The Morgan fingerprint density at radius 1 is 1.19 bits per heavy atom.